The Hall–Kier alpha value is -3.30. The number of hydrogen-bond donors (Lipinski definition) is 1. The summed E-state index contributed by atoms with van der Waals surface area (Å²) in [5.41, 5.74) is 1.45. The summed E-state index contributed by atoms with van der Waals surface area (Å²) in [6.07, 6.45) is 0. The lowest BCUT2D eigenvalue weighted by Crippen LogP contribution is -2.52. The molecular weight excluding hydrogens is 393 g/mol. The second-order valence-corrected chi connectivity index (χ2v) is 9.22. The smallest absolute Gasteiger partial charge is 0.284 e. The lowest BCUT2D eigenvalue weighted by Gasteiger charge is -2.15. The van der Waals surface area contributed by atoms with Crippen molar-refractivity contribution in [3.63, 3.8) is 0 Å². The van der Waals surface area contributed by atoms with E-state index in [9.17, 15) is 4.79 Å². The molecule has 0 fully saturated rings. The van der Waals surface area contributed by atoms with E-state index in [2.05, 4.69) is 48.7 Å². The van der Waals surface area contributed by atoms with Gasteiger partial charge in [0.05, 0.1) is 7.92 Å². The molecule has 0 atom stereocenters. The molecule has 0 spiro atoms. The second-order valence-electron chi connectivity index (χ2n) is 7.09. The van der Waals surface area contributed by atoms with Crippen LogP contribution >= 0.6 is 7.92 Å². The van der Waals surface area contributed by atoms with E-state index >= 15 is 0 Å². The third-order valence-electron chi connectivity index (χ3n) is 4.63. The Morgan fingerprint density at radius 2 is 1.37 bits per heavy atom. The predicted molar refractivity (Wildman–Crippen MR) is 120 cm³/mol. The van der Waals surface area contributed by atoms with Crippen LogP contribution in [0.25, 0.3) is 0 Å². The molecule has 4 rings (SSSR count). The van der Waals surface area contributed by atoms with E-state index in [1.807, 2.05) is 59.3 Å². The predicted octanol–water partition coefficient (Wildman–Crippen LogP) is 3.55. The maximum Gasteiger partial charge on any atom is 0.311 e. The molecule has 1 amide bonds. The first-order valence-electron chi connectivity index (χ1n) is 9.83. The first-order valence-corrected chi connectivity index (χ1v) is 11.2. The molecule has 1 aromatic heterocycles. The summed E-state index contributed by atoms with van der Waals surface area (Å²) >= 11 is 0. The van der Waals surface area contributed by atoms with Gasteiger partial charge < -0.3 is 0 Å². The summed E-state index contributed by atoms with van der Waals surface area (Å²) in [7, 11) is -0.990. The van der Waals surface area contributed by atoms with Crippen LogP contribution in [0.15, 0.2) is 95.5 Å². The summed E-state index contributed by atoms with van der Waals surface area (Å²) < 4.78 is 7.54. The number of rotatable bonds is 6. The number of carbonyl (C=O) groups excluding carboxylic acids is 1. The Kier molecular flexibility index (Phi) is 6.01. The van der Waals surface area contributed by atoms with Crippen molar-refractivity contribution in [1.82, 2.24) is 5.27 Å². The van der Waals surface area contributed by atoms with Gasteiger partial charge in [0.25, 0.3) is 5.91 Å². The van der Waals surface area contributed by atoms with Crippen LogP contribution in [0.4, 0.5) is 5.88 Å². The fourth-order valence-electron chi connectivity index (χ4n) is 3.20. The van der Waals surface area contributed by atoms with E-state index in [-0.39, 0.29) is 11.9 Å². The number of benzene rings is 3. The third kappa shape index (κ3) is 4.17. The van der Waals surface area contributed by atoms with Gasteiger partial charge in [0.15, 0.2) is 6.04 Å². The van der Waals surface area contributed by atoms with Crippen molar-refractivity contribution in [1.29, 1.82) is 0 Å². The molecule has 30 heavy (non-hydrogen) atoms. The highest BCUT2D eigenvalue weighted by molar-refractivity contribution is 7.79. The summed E-state index contributed by atoms with van der Waals surface area (Å²) in [6, 6.07) is 29.8. The molecule has 0 bridgehead atoms. The van der Waals surface area contributed by atoms with Crippen molar-refractivity contribution in [3.05, 3.63) is 96.6 Å². The lowest BCUT2D eigenvalue weighted by atomic mass is 10.2. The van der Waals surface area contributed by atoms with E-state index in [1.165, 1.54) is 0 Å². The van der Waals surface area contributed by atoms with Crippen LogP contribution in [0.1, 0.15) is 30.2 Å². The molecule has 0 radical (unpaired) electrons. The second kappa shape index (κ2) is 9.02. The maximum atomic E-state index is 12.8. The minimum absolute atomic E-state index is 0.0727. The molecule has 1 heterocycles. The number of anilines is 1. The molecule has 0 saturated heterocycles. The molecule has 5 nitrogen and oxygen atoms in total. The fourth-order valence-corrected chi connectivity index (χ4v) is 5.70. The van der Waals surface area contributed by atoms with Gasteiger partial charge in [-0.05, 0) is 27.4 Å². The highest BCUT2D eigenvalue weighted by atomic mass is 31.1. The lowest BCUT2D eigenvalue weighted by molar-refractivity contribution is -0.764. The summed E-state index contributed by atoms with van der Waals surface area (Å²) in [5, 5.41) is 9.54. The average Bonchev–Trinajstić information content (AvgIpc) is 3.19. The average molecular weight is 416 g/mol. The Morgan fingerprint density at radius 3 is 1.87 bits per heavy atom. The summed E-state index contributed by atoms with van der Waals surface area (Å²) in [5.74, 6) is 0.163. The minimum atomic E-state index is -0.990. The Balaban J connectivity index is 1.84. The van der Waals surface area contributed by atoms with Crippen LogP contribution in [0.2, 0.25) is 0 Å². The van der Waals surface area contributed by atoms with E-state index in [0.717, 1.165) is 16.0 Å². The van der Waals surface area contributed by atoms with Crippen molar-refractivity contribution in [2.45, 2.75) is 19.9 Å². The standard InChI is InChI=1S/C24H22N3O2P/c1-18(2)27-24(23(29-26-27)25-22(28)19-12-6-3-7-13-19)30(20-14-8-4-9-15-20)21-16-10-5-11-17-21/h3-18H,1-2H3/p+1. The van der Waals surface area contributed by atoms with Gasteiger partial charge in [-0.3, -0.25) is 14.6 Å². The zero-order chi connectivity index (χ0) is 20.9. The van der Waals surface area contributed by atoms with Crippen molar-refractivity contribution in [2.24, 2.45) is 0 Å². The van der Waals surface area contributed by atoms with E-state index in [0.29, 0.717) is 11.4 Å². The largest absolute Gasteiger partial charge is 0.311 e. The van der Waals surface area contributed by atoms with E-state index in [1.54, 1.807) is 12.1 Å². The van der Waals surface area contributed by atoms with Crippen LogP contribution in [0.5, 0.6) is 0 Å². The first-order chi connectivity index (χ1) is 14.6. The highest BCUT2D eigenvalue weighted by Gasteiger charge is 2.37. The molecule has 3 aromatic carbocycles. The van der Waals surface area contributed by atoms with Crippen LogP contribution in [-0.4, -0.2) is 11.2 Å². The van der Waals surface area contributed by atoms with Crippen LogP contribution in [-0.2, 0) is 0 Å². The summed E-state index contributed by atoms with van der Waals surface area (Å²) in [4.78, 5) is 12.8. The number of amides is 1. The molecular formula is C24H23N3O2P+. The zero-order valence-corrected chi connectivity index (χ0v) is 17.8. The van der Waals surface area contributed by atoms with Gasteiger partial charge in [0, 0.05) is 19.4 Å². The zero-order valence-electron chi connectivity index (χ0n) is 16.9. The monoisotopic (exact) mass is 416 g/mol. The van der Waals surface area contributed by atoms with Crippen LogP contribution in [0.3, 0.4) is 0 Å². The van der Waals surface area contributed by atoms with E-state index < -0.39 is 7.92 Å². The Bertz CT molecular complexity index is 1070. The normalized spacial score (nSPS) is 11.1. The van der Waals surface area contributed by atoms with Crippen molar-refractivity contribution < 1.29 is 14.0 Å². The first kappa shape index (κ1) is 20.0. The topological polar surface area (TPSA) is 59.0 Å². The number of nitrogens with zero attached hydrogens (tertiary/aromatic N) is 2. The summed E-state index contributed by atoms with van der Waals surface area (Å²) in [6.45, 7) is 4.11. The molecule has 4 aromatic rings. The van der Waals surface area contributed by atoms with Crippen LogP contribution in [0, 0.1) is 0 Å². The molecule has 1 N–H and O–H groups in total. The van der Waals surface area contributed by atoms with Crippen molar-refractivity contribution >= 4 is 35.8 Å². The van der Waals surface area contributed by atoms with Gasteiger partial charge in [0.2, 0.25) is 5.27 Å². The van der Waals surface area contributed by atoms with Gasteiger partial charge in [0.1, 0.15) is 0 Å². The van der Waals surface area contributed by atoms with Gasteiger partial charge >= 0.3 is 11.3 Å². The number of nitrogens with one attached hydrogen (secondary N) is 1. The molecule has 0 unspecified atom stereocenters. The number of hydrogen-bond acceptors (Lipinski definition) is 3. The van der Waals surface area contributed by atoms with Crippen molar-refractivity contribution in [3.8, 4) is 0 Å². The number of aromatic nitrogens is 2. The fraction of sp³-hybridized carbons (Fsp3) is 0.125. The van der Waals surface area contributed by atoms with Crippen LogP contribution < -0.4 is 26.0 Å². The van der Waals surface area contributed by atoms with Gasteiger partial charge in [-0.2, -0.15) is 0 Å². The molecule has 0 aliphatic carbocycles. The van der Waals surface area contributed by atoms with E-state index in [4.69, 9.17) is 4.52 Å². The molecule has 0 aliphatic heterocycles. The van der Waals surface area contributed by atoms with Gasteiger partial charge in [-0.1, -0.05) is 78.9 Å². The molecule has 0 aliphatic rings. The molecule has 150 valence electrons. The highest BCUT2D eigenvalue weighted by Crippen LogP contribution is 2.34. The third-order valence-corrected chi connectivity index (χ3v) is 7.09. The minimum Gasteiger partial charge on any atom is -0.284 e. The Morgan fingerprint density at radius 1 is 0.867 bits per heavy atom. The number of carbonyl (C=O) groups is 1. The quantitative estimate of drug-likeness (QED) is 0.386. The molecule has 0 saturated carbocycles. The van der Waals surface area contributed by atoms with Gasteiger partial charge in [-0.25, -0.2) is 0 Å². The SMILES string of the molecule is CC(C)[n+]1noc(NC(=O)c2ccccc2)c1P(c1ccccc1)c1ccccc1. The van der Waals surface area contributed by atoms with Crippen molar-refractivity contribution in [2.75, 3.05) is 5.32 Å². The molecule has 6 heteroatoms. The maximum absolute atomic E-state index is 12.8. The Labute approximate surface area is 177 Å². The van der Waals surface area contributed by atoms with Gasteiger partial charge in [-0.15, -0.1) is 0 Å².